The van der Waals surface area contributed by atoms with Crippen molar-refractivity contribution in [1.29, 1.82) is 0 Å². The number of rotatable bonds is 5. The van der Waals surface area contributed by atoms with E-state index in [1.165, 1.54) is 0 Å². The number of hydrogen-bond donors (Lipinski definition) is 2. The number of benzene rings is 3. The van der Waals surface area contributed by atoms with E-state index in [9.17, 15) is 14.7 Å². The first-order valence-corrected chi connectivity index (χ1v) is 11.4. The highest BCUT2D eigenvalue weighted by Crippen LogP contribution is 2.38. The molecule has 0 saturated carbocycles. The summed E-state index contributed by atoms with van der Waals surface area (Å²) < 4.78 is 5.48. The van der Waals surface area contributed by atoms with Crippen molar-refractivity contribution in [3.63, 3.8) is 0 Å². The van der Waals surface area contributed by atoms with E-state index < -0.39 is 11.9 Å². The number of nitrogens with one attached hydrogen (secondary N) is 1. The molecule has 1 aliphatic rings. The first-order chi connectivity index (χ1) is 17.0. The topological polar surface area (TPSA) is 88.5 Å². The van der Waals surface area contributed by atoms with Gasteiger partial charge < -0.3 is 15.2 Å². The molecule has 0 saturated heterocycles. The van der Waals surface area contributed by atoms with Crippen LogP contribution in [-0.2, 0) is 16.0 Å². The number of carbonyl (C=O) groups excluding carboxylic acids is 2. The van der Waals surface area contributed by atoms with Crippen molar-refractivity contribution in [2.45, 2.75) is 19.8 Å². The Hall–Kier alpha value is -4.45. The number of allylic oxidation sites excluding steroid dienone is 1. The summed E-state index contributed by atoms with van der Waals surface area (Å²) in [6.45, 7) is 1.52. The third kappa shape index (κ3) is 4.64. The number of phenolic OH excluding ortho intramolecular Hbond substituents is 1. The number of aromatic nitrogens is 1. The molecule has 6 heteroatoms. The van der Waals surface area contributed by atoms with Crippen LogP contribution in [0.25, 0.3) is 22.6 Å². The van der Waals surface area contributed by atoms with E-state index in [0.717, 1.165) is 34.4 Å². The highest BCUT2D eigenvalue weighted by atomic mass is 16.5. The van der Waals surface area contributed by atoms with Crippen LogP contribution >= 0.6 is 0 Å². The summed E-state index contributed by atoms with van der Waals surface area (Å²) in [5, 5.41) is 13.1. The van der Waals surface area contributed by atoms with Gasteiger partial charge in [-0.05, 0) is 72.4 Å². The summed E-state index contributed by atoms with van der Waals surface area (Å²) in [5.74, 6) is -0.721. The zero-order valence-corrected chi connectivity index (χ0v) is 19.2. The van der Waals surface area contributed by atoms with Gasteiger partial charge in [-0.15, -0.1) is 0 Å². The number of aryl methyl sites for hydroxylation is 1. The summed E-state index contributed by atoms with van der Waals surface area (Å²) in [5.41, 5.74) is 6.34. The molecule has 1 aromatic heterocycles. The average Bonchev–Trinajstić information content (AvgIpc) is 3.25. The molecule has 2 N–H and O–H groups in total. The van der Waals surface area contributed by atoms with Gasteiger partial charge in [0.2, 0.25) is 0 Å². The van der Waals surface area contributed by atoms with E-state index >= 15 is 0 Å². The van der Waals surface area contributed by atoms with Gasteiger partial charge in [-0.3, -0.25) is 4.79 Å². The van der Waals surface area contributed by atoms with Crippen LogP contribution in [-0.4, -0.2) is 28.6 Å². The summed E-state index contributed by atoms with van der Waals surface area (Å²) >= 11 is 0. The van der Waals surface area contributed by atoms with Crippen LogP contribution in [0, 0.1) is 6.92 Å². The van der Waals surface area contributed by atoms with Crippen LogP contribution in [0.1, 0.15) is 39.2 Å². The van der Waals surface area contributed by atoms with Gasteiger partial charge in [0.15, 0.2) is 6.61 Å². The predicted molar refractivity (Wildman–Crippen MR) is 136 cm³/mol. The van der Waals surface area contributed by atoms with Gasteiger partial charge in [0, 0.05) is 11.1 Å². The van der Waals surface area contributed by atoms with Crippen molar-refractivity contribution < 1.29 is 19.4 Å². The number of aromatic hydroxyl groups is 1. The Morgan fingerprint density at radius 3 is 2.54 bits per heavy atom. The highest BCUT2D eigenvalue weighted by molar-refractivity contribution is 6.08. The zero-order valence-electron chi connectivity index (χ0n) is 19.2. The molecule has 0 atom stereocenters. The molecule has 1 amide bonds. The van der Waals surface area contributed by atoms with Crippen LogP contribution in [0.15, 0.2) is 72.8 Å². The average molecular weight is 465 g/mol. The predicted octanol–water partition coefficient (Wildman–Crippen LogP) is 5.53. The molecule has 6 nitrogen and oxygen atoms in total. The molecule has 5 rings (SSSR count). The van der Waals surface area contributed by atoms with Gasteiger partial charge in [0.25, 0.3) is 5.91 Å². The Morgan fingerprint density at radius 1 is 1.00 bits per heavy atom. The maximum atomic E-state index is 13.3. The Morgan fingerprint density at radius 2 is 1.74 bits per heavy atom. The lowest BCUT2D eigenvalue weighted by atomic mass is 10.0. The first-order valence-electron chi connectivity index (χ1n) is 11.4. The van der Waals surface area contributed by atoms with E-state index in [0.29, 0.717) is 28.6 Å². The van der Waals surface area contributed by atoms with E-state index in [1.54, 1.807) is 18.2 Å². The smallest absolute Gasteiger partial charge is 0.339 e. The number of anilines is 1. The molecule has 0 bridgehead atoms. The van der Waals surface area contributed by atoms with Gasteiger partial charge in [0.05, 0.1) is 16.8 Å². The van der Waals surface area contributed by atoms with Gasteiger partial charge >= 0.3 is 5.97 Å². The third-order valence-corrected chi connectivity index (χ3v) is 6.13. The number of para-hydroxylation sites is 2. The van der Waals surface area contributed by atoms with Gasteiger partial charge in [-0.25, -0.2) is 9.78 Å². The monoisotopic (exact) mass is 464 g/mol. The minimum atomic E-state index is -0.536. The summed E-state index contributed by atoms with van der Waals surface area (Å²) in [6.07, 6.45) is 3.41. The summed E-state index contributed by atoms with van der Waals surface area (Å²) in [4.78, 5) is 30.6. The molecule has 0 aliphatic heterocycles. The second-order valence-corrected chi connectivity index (χ2v) is 8.53. The number of pyridine rings is 1. The third-order valence-electron chi connectivity index (χ3n) is 6.13. The largest absolute Gasteiger partial charge is 0.508 e. The maximum Gasteiger partial charge on any atom is 0.339 e. The van der Waals surface area contributed by atoms with Crippen LogP contribution in [0.2, 0.25) is 0 Å². The standard InChI is InChI=1S/C29H24N2O4/c1-18-6-2-4-8-24(18)30-26(33)17-35-29(34)27-22-7-3-5-9-25(22)31-28-20(12-15-23(27)28)16-19-10-13-21(32)14-11-19/h2-11,13-14,16,32H,12,15,17H2,1H3,(H,30,33)/b20-16-. The molecule has 0 fully saturated rings. The molecule has 0 radical (unpaired) electrons. The molecular weight excluding hydrogens is 440 g/mol. The Labute approximate surface area is 202 Å². The van der Waals surface area contributed by atoms with Crippen LogP contribution in [0.4, 0.5) is 5.69 Å². The fraction of sp³-hybridized carbons (Fsp3) is 0.138. The lowest BCUT2D eigenvalue weighted by molar-refractivity contribution is -0.119. The number of fused-ring (bicyclic) bond motifs is 2. The number of carbonyl (C=O) groups is 2. The van der Waals surface area contributed by atoms with Gasteiger partial charge in [-0.2, -0.15) is 0 Å². The van der Waals surface area contributed by atoms with Crippen LogP contribution in [0.5, 0.6) is 5.75 Å². The number of ether oxygens (including phenoxy) is 1. The fourth-order valence-electron chi connectivity index (χ4n) is 4.39. The van der Waals surface area contributed by atoms with Gasteiger partial charge in [-0.1, -0.05) is 48.5 Å². The minimum Gasteiger partial charge on any atom is -0.508 e. The van der Waals surface area contributed by atoms with Crippen LogP contribution < -0.4 is 5.32 Å². The van der Waals surface area contributed by atoms with Crippen molar-refractivity contribution in [2.75, 3.05) is 11.9 Å². The second kappa shape index (κ2) is 9.43. The molecule has 1 heterocycles. The molecule has 35 heavy (non-hydrogen) atoms. The molecule has 0 spiro atoms. The number of phenols is 1. The zero-order chi connectivity index (χ0) is 24.4. The number of nitrogens with zero attached hydrogens (tertiary/aromatic N) is 1. The molecule has 3 aromatic carbocycles. The number of hydrogen-bond acceptors (Lipinski definition) is 5. The van der Waals surface area contributed by atoms with Crippen molar-refractivity contribution in [3.8, 4) is 5.75 Å². The van der Waals surface area contributed by atoms with Crippen molar-refractivity contribution in [2.24, 2.45) is 0 Å². The van der Waals surface area contributed by atoms with E-state index in [1.807, 2.05) is 67.6 Å². The fourth-order valence-corrected chi connectivity index (χ4v) is 4.39. The Kier molecular flexibility index (Phi) is 6.02. The second-order valence-electron chi connectivity index (χ2n) is 8.53. The number of esters is 1. The molecule has 174 valence electrons. The molecule has 4 aromatic rings. The minimum absolute atomic E-state index is 0.208. The quantitative estimate of drug-likeness (QED) is 0.379. The van der Waals surface area contributed by atoms with Crippen molar-refractivity contribution in [1.82, 2.24) is 4.98 Å². The highest BCUT2D eigenvalue weighted by Gasteiger charge is 2.28. The summed E-state index contributed by atoms with van der Waals surface area (Å²) in [6, 6.07) is 21.9. The van der Waals surface area contributed by atoms with E-state index in [4.69, 9.17) is 9.72 Å². The molecular formula is C29H24N2O4. The van der Waals surface area contributed by atoms with Crippen molar-refractivity contribution in [3.05, 3.63) is 101 Å². The lowest BCUT2D eigenvalue weighted by Crippen LogP contribution is -2.22. The first kappa shape index (κ1) is 22.3. The SMILES string of the molecule is Cc1ccccc1NC(=O)COC(=O)c1c2c(nc3ccccc13)/C(=C\c1ccc(O)cc1)CC2. The normalized spacial score (nSPS) is 13.6. The Bertz CT molecular complexity index is 1470. The van der Waals surface area contributed by atoms with Crippen LogP contribution in [0.3, 0.4) is 0 Å². The molecule has 0 unspecified atom stereocenters. The van der Waals surface area contributed by atoms with E-state index in [-0.39, 0.29) is 12.4 Å². The Balaban J connectivity index is 1.44. The number of amides is 1. The van der Waals surface area contributed by atoms with Gasteiger partial charge in [0.1, 0.15) is 5.75 Å². The maximum absolute atomic E-state index is 13.3. The summed E-state index contributed by atoms with van der Waals surface area (Å²) in [7, 11) is 0. The molecule has 1 aliphatic carbocycles. The van der Waals surface area contributed by atoms with Crippen molar-refractivity contribution >= 4 is 40.1 Å². The lowest BCUT2D eigenvalue weighted by Gasteiger charge is -2.13. The van der Waals surface area contributed by atoms with E-state index in [2.05, 4.69) is 5.32 Å².